The standard InChI is InChI=1S/C23H28N6O2/c1-15-4-6-18(7-5-15)19-12-24-20-21(25-19)26-23(28-8-11-31-17(3)13-28)27-22(20)29-9-10-30-14-16(29)2/h4-7,12,16-17H,8-11,13-14H2,1-3H3/t16-,17-/m0/s1. The molecule has 2 saturated heterocycles. The Morgan fingerprint density at radius 2 is 1.84 bits per heavy atom. The molecule has 0 bridgehead atoms. The summed E-state index contributed by atoms with van der Waals surface area (Å²) in [5.41, 5.74) is 4.41. The van der Waals surface area contributed by atoms with Crippen molar-refractivity contribution >= 4 is 22.9 Å². The number of nitrogens with zero attached hydrogens (tertiary/aromatic N) is 6. The van der Waals surface area contributed by atoms with Gasteiger partial charge < -0.3 is 19.3 Å². The molecular formula is C23H28N6O2. The fourth-order valence-electron chi connectivity index (χ4n) is 4.13. The Morgan fingerprint density at radius 1 is 1.00 bits per heavy atom. The molecule has 8 nitrogen and oxygen atoms in total. The molecule has 0 N–H and O–H groups in total. The second-order valence-electron chi connectivity index (χ2n) is 8.39. The number of rotatable bonds is 3. The van der Waals surface area contributed by atoms with E-state index in [9.17, 15) is 0 Å². The molecule has 0 radical (unpaired) electrons. The normalized spacial score (nSPS) is 22.2. The number of benzene rings is 1. The topological polar surface area (TPSA) is 76.5 Å². The number of morpholine rings is 2. The van der Waals surface area contributed by atoms with Crippen molar-refractivity contribution in [2.45, 2.75) is 32.9 Å². The maximum Gasteiger partial charge on any atom is 0.229 e. The first-order valence-electron chi connectivity index (χ1n) is 10.9. The van der Waals surface area contributed by atoms with Gasteiger partial charge in [0, 0.05) is 25.2 Å². The summed E-state index contributed by atoms with van der Waals surface area (Å²) in [6.45, 7) is 10.6. The lowest BCUT2D eigenvalue weighted by Crippen LogP contribution is -2.45. The highest BCUT2D eigenvalue weighted by Crippen LogP contribution is 2.29. The van der Waals surface area contributed by atoms with Gasteiger partial charge in [-0.2, -0.15) is 9.97 Å². The smallest absolute Gasteiger partial charge is 0.229 e. The molecular weight excluding hydrogens is 392 g/mol. The Kier molecular flexibility index (Phi) is 5.41. The van der Waals surface area contributed by atoms with Gasteiger partial charge in [0.25, 0.3) is 0 Å². The lowest BCUT2D eigenvalue weighted by atomic mass is 10.1. The van der Waals surface area contributed by atoms with Crippen molar-refractivity contribution in [1.29, 1.82) is 0 Å². The predicted octanol–water partition coefficient (Wildman–Crippen LogP) is 2.85. The number of hydrogen-bond acceptors (Lipinski definition) is 8. The monoisotopic (exact) mass is 420 g/mol. The van der Waals surface area contributed by atoms with Gasteiger partial charge in [0.1, 0.15) is 0 Å². The third kappa shape index (κ3) is 4.05. The fraction of sp³-hybridized carbons (Fsp3) is 0.478. The van der Waals surface area contributed by atoms with E-state index in [-0.39, 0.29) is 12.1 Å². The third-order valence-corrected chi connectivity index (χ3v) is 5.89. The Morgan fingerprint density at radius 3 is 2.61 bits per heavy atom. The van der Waals surface area contributed by atoms with Gasteiger partial charge in [0.2, 0.25) is 5.95 Å². The van der Waals surface area contributed by atoms with Crippen LogP contribution < -0.4 is 9.80 Å². The fourth-order valence-corrected chi connectivity index (χ4v) is 4.13. The van der Waals surface area contributed by atoms with E-state index in [4.69, 9.17) is 29.4 Å². The average Bonchev–Trinajstić information content (AvgIpc) is 2.79. The Balaban J connectivity index is 1.63. The number of ether oxygens (including phenoxy) is 2. The van der Waals surface area contributed by atoms with Crippen LogP contribution in [-0.4, -0.2) is 71.5 Å². The largest absolute Gasteiger partial charge is 0.377 e. The van der Waals surface area contributed by atoms with Crippen LogP contribution in [0.3, 0.4) is 0 Å². The van der Waals surface area contributed by atoms with Crippen LogP contribution in [-0.2, 0) is 9.47 Å². The summed E-state index contributed by atoms with van der Waals surface area (Å²) in [4.78, 5) is 23.9. The molecule has 2 aliphatic heterocycles. The number of hydrogen-bond donors (Lipinski definition) is 0. The van der Waals surface area contributed by atoms with Crippen LogP contribution in [0.2, 0.25) is 0 Å². The first kappa shape index (κ1) is 20.1. The third-order valence-electron chi connectivity index (χ3n) is 5.89. The van der Waals surface area contributed by atoms with Gasteiger partial charge in [-0.1, -0.05) is 29.8 Å². The molecule has 31 heavy (non-hydrogen) atoms. The molecule has 0 amide bonds. The summed E-state index contributed by atoms with van der Waals surface area (Å²) in [7, 11) is 0. The molecule has 3 aromatic rings. The zero-order chi connectivity index (χ0) is 21.4. The highest BCUT2D eigenvalue weighted by molar-refractivity contribution is 5.85. The summed E-state index contributed by atoms with van der Waals surface area (Å²) < 4.78 is 11.4. The number of fused-ring (bicyclic) bond motifs is 1. The quantitative estimate of drug-likeness (QED) is 0.640. The van der Waals surface area contributed by atoms with Crippen molar-refractivity contribution in [2.75, 3.05) is 49.3 Å². The van der Waals surface area contributed by atoms with Crippen molar-refractivity contribution in [2.24, 2.45) is 0 Å². The first-order valence-corrected chi connectivity index (χ1v) is 10.9. The van der Waals surface area contributed by atoms with Gasteiger partial charge in [0.05, 0.1) is 43.9 Å². The molecule has 8 heteroatoms. The molecule has 2 atom stereocenters. The van der Waals surface area contributed by atoms with Crippen molar-refractivity contribution in [3.63, 3.8) is 0 Å². The Bertz CT molecular complexity index is 1070. The highest BCUT2D eigenvalue weighted by atomic mass is 16.5. The van der Waals surface area contributed by atoms with Crippen molar-refractivity contribution in [3.8, 4) is 11.3 Å². The van der Waals surface area contributed by atoms with Gasteiger partial charge in [-0.25, -0.2) is 9.97 Å². The lowest BCUT2D eigenvalue weighted by molar-refractivity contribution is 0.0526. The molecule has 4 heterocycles. The van der Waals surface area contributed by atoms with E-state index < -0.39 is 0 Å². The zero-order valence-corrected chi connectivity index (χ0v) is 18.3. The number of aryl methyl sites for hydroxylation is 1. The predicted molar refractivity (Wildman–Crippen MR) is 121 cm³/mol. The molecule has 1 aromatic carbocycles. The second-order valence-corrected chi connectivity index (χ2v) is 8.39. The number of aromatic nitrogens is 4. The van der Waals surface area contributed by atoms with Crippen LogP contribution in [0.5, 0.6) is 0 Å². The van der Waals surface area contributed by atoms with Crippen LogP contribution in [0.1, 0.15) is 19.4 Å². The van der Waals surface area contributed by atoms with Crippen molar-refractivity contribution in [3.05, 3.63) is 36.0 Å². The molecule has 0 saturated carbocycles. The van der Waals surface area contributed by atoms with E-state index in [1.54, 1.807) is 0 Å². The summed E-state index contributed by atoms with van der Waals surface area (Å²) >= 11 is 0. The van der Waals surface area contributed by atoms with E-state index in [1.165, 1.54) is 5.56 Å². The summed E-state index contributed by atoms with van der Waals surface area (Å²) in [5, 5.41) is 0. The summed E-state index contributed by atoms with van der Waals surface area (Å²) in [6.07, 6.45) is 1.96. The molecule has 2 aliphatic rings. The first-order chi connectivity index (χ1) is 15.1. The van der Waals surface area contributed by atoms with Gasteiger partial charge in [-0.3, -0.25) is 0 Å². The molecule has 5 rings (SSSR count). The van der Waals surface area contributed by atoms with Crippen LogP contribution in [0.4, 0.5) is 11.8 Å². The van der Waals surface area contributed by atoms with Gasteiger partial charge in [-0.05, 0) is 20.8 Å². The van der Waals surface area contributed by atoms with Crippen molar-refractivity contribution in [1.82, 2.24) is 19.9 Å². The second kappa shape index (κ2) is 8.36. The zero-order valence-electron chi connectivity index (χ0n) is 18.3. The molecule has 0 unspecified atom stereocenters. The van der Waals surface area contributed by atoms with E-state index in [0.717, 1.165) is 42.2 Å². The van der Waals surface area contributed by atoms with Gasteiger partial charge >= 0.3 is 0 Å². The molecule has 0 aliphatic carbocycles. The SMILES string of the molecule is Cc1ccc(-c2cnc3c(N4CCOC[C@@H]4C)nc(N4CCO[C@@H](C)C4)nc3n2)cc1. The molecule has 0 spiro atoms. The summed E-state index contributed by atoms with van der Waals surface area (Å²) in [5.74, 6) is 1.52. The Labute approximate surface area is 182 Å². The minimum Gasteiger partial charge on any atom is -0.377 e. The highest BCUT2D eigenvalue weighted by Gasteiger charge is 2.27. The van der Waals surface area contributed by atoms with E-state index in [1.807, 2.05) is 6.20 Å². The minimum absolute atomic E-state index is 0.142. The van der Waals surface area contributed by atoms with Gasteiger partial charge in [0.15, 0.2) is 17.0 Å². The lowest BCUT2D eigenvalue weighted by Gasteiger charge is -2.36. The molecule has 2 aromatic heterocycles. The maximum atomic E-state index is 5.72. The van der Waals surface area contributed by atoms with Gasteiger partial charge in [-0.15, -0.1) is 0 Å². The van der Waals surface area contributed by atoms with Crippen LogP contribution in [0.25, 0.3) is 22.4 Å². The molecule has 162 valence electrons. The van der Waals surface area contributed by atoms with E-state index >= 15 is 0 Å². The van der Waals surface area contributed by atoms with Crippen LogP contribution in [0, 0.1) is 6.92 Å². The van der Waals surface area contributed by atoms with E-state index in [0.29, 0.717) is 31.4 Å². The maximum absolute atomic E-state index is 5.72. The minimum atomic E-state index is 0.142. The number of anilines is 2. The average molecular weight is 421 g/mol. The molecule has 2 fully saturated rings. The summed E-state index contributed by atoms with van der Waals surface area (Å²) in [6, 6.07) is 8.52. The van der Waals surface area contributed by atoms with Crippen LogP contribution >= 0.6 is 0 Å². The van der Waals surface area contributed by atoms with E-state index in [2.05, 4.69) is 54.8 Å². The van der Waals surface area contributed by atoms with Crippen LogP contribution in [0.15, 0.2) is 30.5 Å². The van der Waals surface area contributed by atoms with Crippen molar-refractivity contribution < 1.29 is 9.47 Å². The Hall–Kier alpha value is -2.84.